The maximum atomic E-state index is 15.1. The van der Waals surface area contributed by atoms with Crippen molar-refractivity contribution in [3.05, 3.63) is 135 Å². The highest BCUT2D eigenvalue weighted by atomic mass is 28.4. The van der Waals surface area contributed by atoms with Crippen molar-refractivity contribution in [1.29, 1.82) is 0 Å². The van der Waals surface area contributed by atoms with Crippen molar-refractivity contribution in [2.24, 2.45) is 11.0 Å². The predicted molar refractivity (Wildman–Crippen MR) is 216 cm³/mol. The molecule has 4 aliphatic rings. The fourth-order valence-electron chi connectivity index (χ4n) is 9.43. The number of hydrogen-bond acceptors (Lipinski definition) is 9. The molecule has 1 fully saturated rings. The molecule has 14 heteroatoms. The van der Waals surface area contributed by atoms with Gasteiger partial charge in [-0.2, -0.15) is 5.10 Å². The lowest BCUT2D eigenvalue weighted by atomic mass is 9.82. The second-order valence-electron chi connectivity index (χ2n) is 16.0. The summed E-state index contributed by atoms with van der Waals surface area (Å²) in [4.78, 5) is 69.1. The molecule has 4 aromatic rings. The van der Waals surface area contributed by atoms with E-state index < -0.39 is 48.4 Å². The number of non-ortho nitro benzene ring substituents is 1. The Labute approximate surface area is 331 Å². The number of nitrogens with zero attached hydrogens (tertiary/aromatic N) is 5. The van der Waals surface area contributed by atoms with Crippen LogP contribution in [0.4, 0.5) is 17.1 Å². The minimum Gasteiger partial charge on any atom is -0.432 e. The highest BCUT2D eigenvalue weighted by Crippen LogP contribution is 2.60. The molecule has 57 heavy (non-hydrogen) atoms. The number of hydrazone groups is 1. The molecule has 3 amide bonds. The van der Waals surface area contributed by atoms with Crippen molar-refractivity contribution in [3.63, 3.8) is 0 Å². The van der Waals surface area contributed by atoms with E-state index in [-0.39, 0.29) is 43.5 Å². The molecule has 0 saturated carbocycles. The van der Waals surface area contributed by atoms with Crippen molar-refractivity contribution >= 4 is 48.8 Å². The summed E-state index contributed by atoms with van der Waals surface area (Å²) in [6, 6.07) is 28.5. The average molecular weight is 788 g/mol. The van der Waals surface area contributed by atoms with Gasteiger partial charge in [0.15, 0.2) is 13.9 Å². The van der Waals surface area contributed by atoms with E-state index in [4.69, 9.17) is 9.84 Å². The number of aliphatic hydroxyl groups is 1. The topological polar surface area (TPSA) is 166 Å². The number of nitro groups is 1. The fraction of sp³-hybridized carbons (Fsp3) is 0.349. The number of amides is 3. The van der Waals surface area contributed by atoms with Crippen LogP contribution in [0.5, 0.6) is 0 Å². The van der Waals surface area contributed by atoms with E-state index >= 15 is 4.79 Å². The monoisotopic (exact) mass is 787 g/mol. The van der Waals surface area contributed by atoms with Gasteiger partial charge in [0.25, 0.3) is 11.6 Å². The van der Waals surface area contributed by atoms with E-state index in [1.165, 1.54) is 17.1 Å². The second kappa shape index (κ2) is 14.8. The summed E-state index contributed by atoms with van der Waals surface area (Å²) in [7, 11) is -3.19. The quantitative estimate of drug-likeness (QED) is 0.122. The first-order chi connectivity index (χ1) is 27.3. The summed E-state index contributed by atoms with van der Waals surface area (Å²) in [6.07, 6.45) is 0.248. The number of carbonyl (C=O) groups excluding carboxylic acids is 3. The standard InChI is InChI=1S/C43H45N5O8Si/c1-27-41(57(2,3)55)38(23-40(51)45-25-31-14-8-7-13-30(31)21-34(45)26-49)56-43(27)35-22-33(48(53)54)16-18-37(35)46(42(43)52)24-28-10-9-15-32(20-28)47-39(50)19-17-36(44-47)29-11-5-4-6-12-29/h4-16,18,20,22,27,34,38,41,49,55H,17,19,21,23-26H2,1-3H3/t27-,34+,38+,41-,43+/m1/s1. The van der Waals surface area contributed by atoms with E-state index in [1.54, 1.807) is 47.2 Å². The molecule has 0 aromatic heterocycles. The van der Waals surface area contributed by atoms with Crippen LogP contribution in [0.25, 0.3) is 0 Å². The number of anilines is 2. The van der Waals surface area contributed by atoms with E-state index in [9.17, 15) is 29.6 Å². The van der Waals surface area contributed by atoms with Crippen LogP contribution >= 0.6 is 0 Å². The number of carbonyl (C=O) groups is 3. The Balaban J connectivity index is 1.13. The Morgan fingerprint density at radius 3 is 2.44 bits per heavy atom. The number of ether oxygens (including phenoxy) is 1. The first kappa shape index (κ1) is 38.3. The van der Waals surface area contributed by atoms with Crippen LogP contribution in [-0.2, 0) is 44.2 Å². The highest BCUT2D eigenvalue weighted by molar-refractivity contribution is 6.71. The van der Waals surface area contributed by atoms with Gasteiger partial charge in [0.1, 0.15) is 0 Å². The molecule has 4 aromatic carbocycles. The lowest BCUT2D eigenvalue weighted by Crippen LogP contribution is -2.48. The molecule has 8 rings (SSSR count). The lowest BCUT2D eigenvalue weighted by molar-refractivity contribution is -0.385. The summed E-state index contributed by atoms with van der Waals surface area (Å²) in [6.45, 7) is 5.46. The molecule has 1 saturated heterocycles. The molecule has 0 radical (unpaired) electrons. The van der Waals surface area contributed by atoms with Gasteiger partial charge in [-0.25, -0.2) is 5.01 Å². The minimum atomic E-state index is -3.19. The summed E-state index contributed by atoms with van der Waals surface area (Å²) in [5, 5.41) is 28.6. The molecule has 294 valence electrons. The molecule has 0 bridgehead atoms. The summed E-state index contributed by atoms with van der Waals surface area (Å²) < 4.78 is 6.87. The highest BCUT2D eigenvalue weighted by Gasteiger charge is 2.67. The number of fused-ring (bicyclic) bond motifs is 3. The van der Waals surface area contributed by atoms with Crippen molar-refractivity contribution < 1.29 is 33.9 Å². The molecule has 4 heterocycles. The molecule has 5 atom stereocenters. The zero-order chi connectivity index (χ0) is 40.2. The SMILES string of the molecule is C[C@@H]1[C@@H]([Si](C)(C)O)[C@H](CC(=O)N2Cc3ccccc3C[C@H]2CO)O[C@@]12C(=O)N(Cc1cccc(N3N=C(c4ccccc4)CCC3=O)c1)c1ccc([N+](=O)[O-])cc12. The fourth-order valence-corrected chi connectivity index (χ4v) is 12.0. The van der Waals surface area contributed by atoms with E-state index in [2.05, 4.69) is 0 Å². The van der Waals surface area contributed by atoms with Gasteiger partial charge < -0.3 is 24.4 Å². The largest absolute Gasteiger partial charge is 0.432 e. The van der Waals surface area contributed by atoms with Crippen molar-refractivity contribution in [3.8, 4) is 0 Å². The number of nitro benzene ring substituents is 1. The van der Waals surface area contributed by atoms with Crippen molar-refractivity contribution in [2.75, 3.05) is 16.5 Å². The van der Waals surface area contributed by atoms with Crippen molar-refractivity contribution in [2.45, 2.75) is 82.1 Å². The van der Waals surface area contributed by atoms with E-state index in [0.717, 1.165) is 22.4 Å². The molecular weight excluding hydrogens is 743 g/mol. The van der Waals surface area contributed by atoms with E-state index in [1.807, 2.05) is 67.6 Å². The number of hydrogen-bond donors (Lipinski definition) is 2. The molecule has 2 N–H and O–H groups in total. The average Bonchev–Trinajstić information content (AvgIpc) is 3.63. The van der Waals surface area contributed by atoms with Crippen LogP contribution in [0.2, 0.25) is 18.6 Å². The van der Waals surface area contributed by atoms with E-state index in [0.29, 0.717) is 41.9 Å². The van der Waals surface area contributed by atoms with Crippen LogP contribution in [-0.4, -0.2) is 70.2 Å². The number of benzene rings is 4. The zero-order valence-electron chi connectivity index (χ0n) is 32.1. The Kier molecular flexibility index (Phi) is 9.92. The molecule has 4 aliphatic heterocycles. The van der Waals surface area contributed by atoms with Gasteiger partial charge in [0, 0.05) is 48.5 Å². The molecule has 13 nitrogen and oxygen atoms in total. The summed E-state index contributed by atoms with van der Waals surface area (Å²) in [5.74, 6) is -1.55. The molecule has 1 spiro atoms. The number of aliphatic hydroxyl groups excluding tert-OH is 1. The Morgan fingerprint density at radius 1 is 0.982 bits per heavy atom. The normalized spacial score (nSPS) is 24.4. The third kappa shape index (κ3) is 6.75. The predicted octanol–water partition coefficient (Wildman–Crippen LogP) is 5.81. The Bertz CT molecular complexity index is 2300. The van der Waals surface area contributed by atoms with Gasteiger partial charge in [-0.15, -0.1) is 0 Å². The molecule has 0 aliphatic carbocycles. The van der Waals surface area contributed by atoms with Crippen LogP contribution in [0, 0.1) is 16.0 Å². The number of rotatable bonds is 9. The van der Waals surface area contributed by atoms with Gasteiger partial charge in [-0.3, -0.25) is 24.5 Å². The van der Waals surface area contributed by atoms with Gasteiger partial charge in [-0.05, 0) is 60.0 Å². The second-order valence-corrected chi connectivity index (χ2v) is 20.0. The van der Waals surface area contributed by atoms with Crippen LogP contribution < -0.4 is 9.91 Å². The van der Waals surface area contributed by atoms with Crippen LogP contribution in [0.15, 0.2) is 102 Å². The Hall–Kier alpha value is -5.54. The Morgan fingerprint density at radius 2 is 1.72 bits per heavy atom. The zero-order valence-corrected chi connectivity index (χ0v) is 33.1. The minimum absolute atomic E-state index is 0.0478. The summed E-state index contributed by atoms with van der Waals surface area (Å²) >= 11 is 0. The summed E-state index contributed by atoms with van der Waals surface area (Å²) in [5.41, 5.74) is 3.18. The van der Waals surface area contributed by atoms with Gasteiger partial charge in [0.05, 0.1) is 53.7 Å². The maximum absolute atomic E-state index is 15.1. The van der Waals surface area contributed by atoms with Crippen LogP contribution in [0.1, 0.15) is 54.0 Å². The maximum Gasteiger partial charge on any atom is 0.269 e. The van der Waals surface area contributed by atoms with Crippen molar-refractivity contribution in [1.82, 2.24) is 4.90 Å². The van der Waals surface area contributed by atoms with Gasteiger partial charge in [-0.1, -0.05) is 73.7 Å². The lowest BCUT2D eigenvalue weighted by Gasteiger charge is -2.37. The van der Waals surface area contributed by atoms with Crippen LogP contribution in [0.3, 0.4) is 0 Å². The third-order valence-corrected chi connectivity index (χ3v) is 14.6. The molecular formula is C43H45N5O8Si. The molecule has 0 unspecified atom stereocenters. The smallest absolute Gasteiger partial charge is 0.269 e. The van der Waals surface area contributed by atoms with Gasteiger partial charge in [0.2, 0.25) is 11.8 Å². The first-order valence-electron chi connectivity index (χ1n) is 19.3. The third-order valence-electron chi connectivity index (χ3n) is 12.1. The first-order valence-corrected chi connectivity index (χ1v) is 22.4. The van der Waals surface area contributed by atoms with Gasteiger partial charge >= 0.3 is 0 Å².